The number of benzene rings is 2. The highest BCUT2D eigenvalue weighted by Crippen LogP contribution is 2.29. The van der Waals surface area contributed by atoms with E-state index in [4.69, 9.17) is 5.11 Å². The molecule has 0 fully saturated rings. The number of aliphatic hydroxyl groups excluding tert-OH is 1. The van der Waals surface area contributed by atoms with Gasteiger partial charge in [0.2, 0.25) is 0 Å². The topological polar surface area (TPSA) is 58.1 Å². The summed E-state index contributed by atoms with van der Waals surface area (Å²) in [5.74, 6) is 0. The molecule has 0 aliphatic rings. The summed E-state index contributed by atoms with van der Waals surface area (Å²) >= 11 is 0. The van der Waals surface area contributed by atoms with E-state index in [1.165, 1.54) is 5.56 Å². The van der Waals surface area contributed by atoms with E-state index in [1.54, 1.807) is 14.2 Å². The van der Waals surface area contributed by atoms with E-state index in [0.717, 1.165) is 23.9 Å². The van der Waals surface area contributed by atoms with Crippen molar-refractivity contribution in [2.24, 2.45) is 0 Å². The minimum absolute atomic E-state index is 1.00. The molecule has 0 saturated heterocycles. The largest absolute Gasteiger partial charge is 0.400 e. The minimum atomic E-state index is 1.00. The van der Waals surface area contributed by atoms with Gasteiger partial charge in [-0.2, -0.15) is 5.10 Å². The van der Waals surface area contributed by atoms with Crippen molar-refractivity contribution in [3.05, 3.63) is 66.9 Å². The summed E-state index contributed by atoms with van der Waals surface area (Å²) in [6.07, 6.45) is 1.87. The number of nitrogens with one attached hydrogen (secondary N) is 1. The Labute approximate surface area is 131 Å². The standard InChI is InChI=1S/C15H12N2.C2H6O.CH4O/c1-3-7-12(8-4-1)14-11-16-17-15(14)13-9-5-2-6-10-13;1-3-2;1-2/h1-11H,(H,16,17);1-2H3;2H,1H3. The molecule has 4 nitrogen and oxygen atoms in total. The number of hydrogen-bond acceptors (Lipinski definition) is 3. The average Bonchev–Trinajstić information content (AvgIpc) is 3.09. The summed E-state index contributed by atoms with van der Waals surface area (Å²) in [4.78, 5) is 0. The Kier molecular flexibility index (Phi) is 8.27. The van der Waals surface area contributed by atoms with Crippen molar-refractivity contribution in [1.29, 1.82) is 0 Å². The highest BCUT2D eigenvalue weighted by molar-refractivity contribution is 5.80. The zero-order chi connectivity index (χ0) is 16.2. The Balaban J connectivity index is 0.000000435. The fraction of sp³-hybridized carbons (Fsp3) is 0.167. The second-order valence-electron chi connectivity index (χ2n) is 4.30. The van der Waals surface area contributed by atoms with Crippen molar-refractivity contribution in [3.63, 3.8) is 0 Å². The average molecular weight is 298 g/mol. The highest BCUT2D eigenvalue weighted by atomic mass is 16.4. The molecule has 0 unspecified atom stereocenters. The summed E-state index contributed by atoms with van der Waals surface area (Å²) in [5.41, 5.74) is 4.54. The van der Waals surface area contributed by atoms with Crippen LogP contribution < -0.4 is 0 Å². The van der Waals surface area contributed by atoms with Crippen molar-refractivity contribution >= 4 is 0 Å². The smallest absolute Gasteiger partial charge is 0.0728 e. The van der Waals surface area contributed by atoms with E-state index in [-0.39, 0.29) is 0 Å². The quantitative estimate of drug-likeness (QED) is 0.760. The Morgan fingerprint density at radius 2 is 1.27 bits per heavy atom. The lowest BCUT2D eigenvalue weighted by molar-refractivity contribution is 0.277. The molecule has 1 aromatic heterocycles. The van der Waals surface area contributed by atoms with Crippen LogP contribution in [0.25, 0.3) is 22.4 Å². The molecule has 4 heteroatoms. The third kappa shape index (κ3) is 4.84. The number of aromatic amines is 1. The zero-order valence-corrected chi connectivity index (χ0v) is 13.2. The molecule has 3 aromatic rings. The van der Waals surface area contributed by atoms with Crippen molar-refractivity contribution in [2.75, 3.05) is 21.3 Å². The molecule has 0 amide bonds. The summed E-state index contributed by atoms with van der Waals surface area (Å²) in [6, 6.07) is 20.5. The van der Waals surface area contributed by atoms with Gasteiger partial charge in [0.25, 0.3) is 0 Å². The lowest BCUT2D eigenvalue weighted by atomic mass is 10.0. The molecule has 116 valence electrons. The molecule has 3 rings (SSSR count). The van der Waals surface area contributed by atoms with Crippen LogP contribution in [0.2, 0.25) is 0 Å². The maximum atomic E-state index is 7.00. The van der Waals surface area contributed by atoms with Crippen LogP contribution in [0.15, 0.2) is 66.9 Å². The molecule has 0 spiro atoms. The first-order valence-electron chi connectivity index (χ1n) is 6.86. The number of H-pyrrole nitrogens is 1. The number of methoxy groups -OCH3 is 1. The summed E-state index contributed by atoms with van der Waals surface area (Å²) in [6.45, 7) is 0. The number of hydrogen-bond donors (Lipinski definition) is 2. The Morgan fingerprint density at radius 1 is 0.818 bits per heavy atom. The maximum absolute atomic E-state index is 7.00. The highest BCUT2D eigenvalue weighted by Gasteiger charge is 2.08. The zero-order valence-electron chi connectivity index (χ0n) is 13.2. The molecule has 1 heterocycles. The van der Waals surface area contributed by atoms with E-state index < -0.39 is 0 Å². The van der Waals surface area contributed by atoms with E-state index in [1.807, 2.05) is 42.6 Å². The molecule has 22 heavy (non-hydrogen) atoms. The monoisotopic (exact) mass is 298 g/mol. The number of rotatable bonds is 2. The van der Waals surface area contributed by atoms with E-state index in [2.05, 4.69) is 39.2 Å². The second-order valence-corrected chi connectivity index (χ2v) is 4.30. The third-order valence-electron chi connectivity index (χ3n) is 2.79. The van der Waals surface area contributed by atoms with Gasteiger partial charge in [-0.1, -0.05) is 60.7 Å². The molecule has 0 aliphatic carbocycles. The molecule has 2 aromatic carbocycles. The lowest BCUT2D eigenvalue weighted by Gasteiger charge is -2.02. The van der Waals surface area contributed by atoms with Crippen LogP contribution in [0.5, 0.6) is 0 Å². The Bertz CT molecular complexity index is 568. The SMILES string of the molecule is CO.COC.c1ccc(-c2cn[nH]c2-c2ccccc2)cc1. The summed E-state index contributed by atoms with van der Waals surface area (Å²) < 4.78 is 4.25. The molecule has 0 aliphatic heterocycles. The fourth-order valence-electron chi connectivity index (χ4n) is 1.95. The van der Waals surface area contributed by atoms with Gasteiger partial charge in [0.15, 0.2) is 0 Å². The van der Waals surface area contributed by atoms with Gasteiger partial charge < -0.3 is 9.84 Å². The van der Waals surface area contributed by atoms with Crippen molar-refractivity contribution in [2.45, 2.75) is 0 Å². The van der Waals surface area contributed by atoms with Crippen LogP contribution in [-0.2, 0) is 4.74 Å². The fourth-order valence-corrected chi connectivity index (χ4v) is 1.95. The number of ether oxygens (including phenoxy) is 1. The van der Waals surface area contributed by atoms with Crippen molar-refractivity contribution in [1.82, 2.24) is 10.2 Å². The number of aromatic nitrogens is 2. The predicted octanol–water partition coefficient (Wildman–Crippen LogP) is 3.61. The van der Waals surface area contributed by atoms with Crippen LogP contribution in [0.3, 0.4) is 0 Å². The minimum Gasteiger partial charge on any atom is -0.400 e. The predicted molar refractivity (Wildman–Crippen MR) is 90.5 cm³/mol. The molecular formula is C18H22N2O2. The van der Waals surface area contributed by atoms with Gasteiger partial charge in [-0.15, -0.1) is 0 Å². The first-order chi connectivity index (χ1) is 10.9. The van der Waals surface area contributed by atoms with Gasteiger partial charge in [0.1, 0.15) is 0 Å². The summed E-state index contributed by atoms with van der Waals surface area (Å²) in [5, 5.41) is 14.2. The molecule has 0 bridgehead atoms. The Hall–Kier alpha value is -2.43. The lowest BCUT2D eigenvalue weighted by Crippen LogP contribution is -1.81. The van der Waals surface area contributed by atoms with Gasteiger partial charge in [-0.3, -0.25) is 5.10 Å². The third-order valence-corrected chi connectivity index (χ3v) is 2.79. The maximum Gasteiger partial charge on any atom is 0.0728 e. The summed E-state index contributed by atoms with van der Waals surface area (Å²) in [7, 11) is 4.25. The van der Waals surface area contributed by atoms with Gasteiger partial charge in [0.05, 0.1) is 11.9 Å². The van der Waals surface area contributed by atoms with E-state index >= 15 is 0 Å². The van der Waals surface area contributed by atoms with E-state index in [0.29, 0.717) is 0 Å². The normalized spacial score (nSPS) is 9.09. The van der Waals surface area contributed by atoms with Gasteiger partial charge in [0, 0.05) is 32.5 Å². The van der Waals surface area contributed by atoms with Crippen LogP contribution in [0.4, 0.5) is 0 Å². The number of nitrogens with zero attached hydrogens (tertiary/aromatic N) is 1. The van der Waals surface area contributed by atoms with Crippen LogP contribution in [-0.4, -0.2) is 36.6 Å². The van der Waals surface area contributed by atoms with Crippen molar-refractivity contribution < 1.29 is 9.84 Å². The van der Waals surface area contributed by atoms with Crippen molar-refractivity contribution in [3.8, 4) is 22.4 Å². The first-order valence-corrected chi connectivity index (χ1v) is 6.86. The molecule has 2 N–H and O–H groups in total. The molecule has 0 atom stereocenters. The van der Waals surface area contributed by atoms with Crippen LogP contribution >= 0.6 is 0 Å². The second kappa shape index (κ2) is 10.3. The Morgan fingerprint density at radius 3 is 1.77 bits per heavy atom. The van der Waals surface area contributed by atoms with Gasteiger partial charge in [-0.05, 0) is 5.56 Å². The van der Waals surface area contributed by atoms with Gasteiger partial charge in [-0.25, -0.2) is 0 Å². The van der Waals surface area contributed by atoms with Crippen LogP contribution in [0, 0.1) is 0 Å². The number of aliphatic hydroxyl groups is 1. The van der Waals surface area contributed by atoms with E-state index in [9.17, 15) is 0 Å². The van der Waals surface area contributed by atoms with Crippen LogP contribution in [0.1, 0.15) is 0 Å². The molecule has 0 saturated carbocycles. The van der Waals surface area contributed by atoms with Gasteiger partial charge >= 0.3 is 0 Å². The molecule has 0 radical (unpaired) electrons. The molecular weight excluding hydrogens is 276 g/mol. The first kappa shape index (κ1) is 17.6.